The van der Waals surface area contributed by atoms with Crippen molar-refractivity contribution in [3.8, 4) is 0 Å². The summed E-state index contributed by atoms with van der Waals surface area (Å²) in [5.74, 6) is 1.59. The Balaban J connectivity index is 1.82. The zero-order chi connectivity index (χ0) is 11.2. The minimum Gasteiger partial charge on any atom is -0.260 e. The fourth-order valence-corrected chi connectivity index (χ4v) is 2.25. The van der Waals surface area contributed by atoms with Crippen LogP contribution in [0.1, 0.15) is 11.3 Å². The SMILES string of the molecule is Fc1ccc(CSCc2ccccn2)cc1. The topological polar surface area (TPSA) is 12.9 Å². The van der Waals surface area contributed by atoms with Gasteiger partial charge in [-0.05, 0) is 29.8 Å². The molecule has 0 saturated heterocycles. The average molecular weight is 233 g/mol. The molecule has 3 heteroatoms. The molecule has 0 amide bonds. The van der Waals surface area contributed by atoms with Gasteiger partial charge in [-0.25, -0.2) is 4.39 Å². The molecular formula is C13H12FNS. The molecule has 0 radical (unpaired) electrons. The molecule has 0 spiro atoms. The van der Waals surface area contributed by atoms with Crippen LogP contribution >= 0.6 is 11.8 Å². The van der Waals surface area contributed by atoms with Gasteiger partial charge in [0.1, 0.15) is 5.82 Å². The molecule has 16 heavy (non-hydrogen) atoms. The fourth-order valence-electron chi connectivity index (χ4n) is 1.34. The van der Waals surface area contributed by atoms with E-state index in [2.05, 4.69) is 4.98 Å². The van der Waals surface area contributed by atoms with Crippen LogP contribution in [-0.4, -0.2) is 4.98 Å². The lowest BCUT2D eigenvalue weighted by Gasteiger charge is -2.01. The Morgan fingerprint density at radius 2 is 1.81 bits per heavy atom. The van der Waals surface area contributed by atoms with E-state index < -0.39 is 0 Å². The number of hydrogen-bond donors (Lipinski definition) is 0. The molecular weight excluding hydrogens is 221 g/mol. The van der Waals surface area contributed by atoms with Gasteiger partial charge >= 0.3 is 0 Å². The van der Waals surface area contributed by atoms with Crippen molar-refractivity contribution in [3.05, 3.63) is 65.7 Å². The molecule has 0 unspecified atom stereocenters. The lowest BCUT2D eigenvalue weighted by atomic mass is 10.2. The van der Waals surface area contributed by atoms with Crippen LogP contribution in [0.4, 0.5) is 4.39 Å². The summed E-state index contributed by atoms with van der Waals surface area (Å²) in [7, 11) is 0. The van der Waals surface area contributed by atoms with Crippen LogP contribution < -0.4 is 0 Å². The number of rotatable bonds is 4. The van der Waals surface area contributed by atoms with E-state index in [4.69, 9.17) is 0 Å². The number of aromatic nitrogens is 1. The maximum atomic E-state index is 12.7. The molecule has 0 aliphatic carbocycles. The molecule has 1 heterocycles. The van der Waals surface area contributed by atoms with Crippen LogP contribution in [0.15, 0.2) is 48.7 Å². The zero-order valence-electron chi connectivity index (χ0n) is 8.77. The maximum Gasteiger partial charge on any atom is 0.123 e. The molecule has 1 aromatic heterocycles. The van der Waals surface area contributed by atoms with Crippen molar-refractivity contribution in [1.29, 1.82) is 0 Å². The summed E-state index contributed by atoms with van der Waals surface area (Å²) in [4.78, 5) is 4.24. The van der Waals surface area contributed by atoms with E-state index in [0.29, 0.717) is 0 Å². The van der Waals surface area contributed by atoms with Crippen molar-refractivity contribution < 1.29 is 4.39 Å². The van der Waals surface area contributed by atoms with Gasteiger partial charge in [0, 0.05) is 17.7 Å². The van der Waals surface area contributed by atoms with Gasteiger partial charge in [-0.2, -0.15) is 11.8 Å². The van der Waals surface area contributed by atoms with Crippen molar-refractivity contribution in [2.45, 2.75) is 11.5 Å². The Hall–Kier alpha value is -1.35. The van der Waals surface area contributed by atoms with Gasteiger partial charge in [-0.15, -0.1) is 0 Å². The van der Waals surface area contributed by atoms with Gasteiger partial charge in [0.15, 0.2) is 0 Å². The number of benzene rings is 1. The van der Waals surface area contributed by atoms with E-state index in [0.717, 1.165) is 22.8 Å². The molecule has 0 saturated carbocycles. The predicted octanol–water partition coefficient (Wildman–Crippen LogP) is 3.65. The highest BCUT2D eigenvalue weighted by molar-refractivity contribution is 7.97. The molecule has 0 aliphatic heterocycles. The second-order valence-corrected chi connectivity index (χ2v) is 4.43. The normalized spacial score (nSPS) is 10.3. The van der Waals surface area contributed by atoms with Gasteiger partial charge in [0.25, 0.3) is 0 Å². The van der Waals surface area contributed by atoms with Gasteiger partial charge < -0.3 is 0 Å². The molecule has 1 aromatic carbocycles. The van der Waals surface area contributed by atoms with Crippen LogP contribution in [0.3, 0.4) is 0 Å². The molecule has 1 nitrogen and oxygen atoms in total. The smallest absolute Gasteiger partial charge is 0.123 e. The van der Waals surface area contributed by atoms with Crippen LogP contribution in [0.25, 0.3) is 0 Å². The predicted molar refractivity (Wildman–Crippen MR) is 65.6 cm³/mol. The Labute approximate surface area is 98.7 Å². The van der Waals surface area contributed by atoms with Crippen molar-refractivity contribution in [1.82, 2.24) is 4.98 Å². The largest absolute Gasteiger partial charge is 0.260 e. The third-order valence-electron chi connectivity index (χ3n) is 2.16. The Kier molecular flexibility index (Phi) is 3.94. The van der Waals surface area contributed by atoms with Gasteiger partial charge in [0.05, 0.1) is 5.69 Å². The quantitative estimate of drug-likeness (QED) is 0.799. The zero-order valence-corrected chi connectivity index (χ0v) is 9.58. The number of hydrogen-bond acceptors (Lipinski definition) is 2. The molecule has 0 atom stereocenters. The summed E-state index contributed by atoms with van der Waals surface area (Å²) in [6.45, 7) is 0. The highest BCUT2D eigenvalue weighted by Crippen LogP contribution is 2.16. The highest BCUT2D eigenvalue weighted by atomic mass is 32.2. The molecule has 0 bridgehead atoms. The molecule has 0 N–H and O–H groups in total. The first-order valence-electron chi connectivity index (χ1n) is 5.07. The first-order valence-corrected chi connectivity index (χ1v) is 6.22. The number of nitrogens with zero attached hydrogens (tertiary/aromatic N) is 1. The van der Waals surface area contributed by atoms with Crippen LogP contribution in [0.5, 0.6) is 0 Å². The molecule has 0 aliphatic rings. The third kappa shape index (κ3) is 3.35. The number of pyridine rings is 1. The van der Waals surface area contributed by atoms with E-state index in [1.165, 1.54) is 12.1 Å². The molecule has 82 valence electrons. The fraction of sp³-hybridized carbons (Fsp3) is 0.154. The number of thioether (sulfide) groups is 1. The average Bonchev–Trinajstić information content (AvgIpc) is 2.33. The Morgan fingerprint density at radius 3 is 2.50 bits per heavy atom. The van der Waals surface area contributed by atoms with E-state index in [1.807, 2.05) is 30.3 Å². The van der Waals surface area contributed by atoms with Crippen LogP contribution in [0, 0.1) is 5.82 Å². The second-order valence-electron chi connectivity index (χ2n) is 3.44. The first kappa shape index (κ1) is 11.1. The summed E-state index contributed by atoms with van der Waals surface area (Å²) in [5, 5.41) is 0. The van der Waals surface area contributed by atoms with Crippen molar-refractivity contribution in [2.75, 3.05) is 0 Å². The van der Waals surface area contributed by atoms with E-state index in [1.54, 1.807) is 18.0 Å². The summed E-state index contributed by atoms with van der Waals surface area (Å²) in [6, 6.07) is 12.5. The second kappa shape index (κ2) is 5.66. The summed E-state index contributed by atoms with van der Waals surface area (Å²) in [5.41, 5.74) is 2.22. The lowest BCUT2D eigenvalue weighted by Crippen LogP contribution is -1.86. The molecule has 2 rings (SSSR count). The lowest BCUT2D eigenvalue weighted by molar-refractivity contribution is 0.627. The van der Waals surface area contributed by atoms with Gasteiger partial charge in [0.2, 0.25) is 0 Å². The first-order chi connectivity index (χ1) is 7.84. The standard InChI is InChI=1S/C13H12FNS/c14-12-6-4-11(5-7-12)9-16-10-13-3-1-2-8-15-13/h1-8H,9-10H2. The molecule has 0 fully saturated rings. The van der Waals surface area contributed by atoms with E-state index in [-0.39, 0.29) is 5.82 Å². The molecule has 2 aromatic rings. The van der Waals surface area contributed by atoms with Crippen molar-refractivity contribution in [3.63, 3.8) is 0 Å². The van der Waals surface area contributed by atoms with Crippen LogP contribution in [-0.2, 0) is 11.5 Å². The summed E-state index contributed by atoms with van der Waals surface area (Å²) in [6.07, 6.45) is 1.80. The Bertz CT molecular complexity index is 427. The third-order valence-corrected chi connectivity index (χ3v) is 3.20. The van der Waals surface area contributed by atoms with Crippen molar-refractivity contribution >= 4 is 11.8 Å². The summed E-state index contributed by atoms with van der Waals surface area (Å²) < 4.78 is 12.7. The monoisotopic (exact) mass is 233 g/mol. The minimum absolute atomic E-state index is 0.182. The number of halogens is 1. The van der Waals surface area contributed by atoms with Gasteiger partial charge in [-0.3, -0.25) is 4.98 Å². The highest BCUT2D eigenvalue weighted by Gasteiger charge is 1.96. The summed E-state index contributed by atoms with van der Waals surface area (Å²) >= 11 is 1.78. The Morgan fingerprint density at radius 1 is 1.00 bits per heavy atom. The van der Waals surface area contributed by atoms with E-state index in [9.17, 15) is 4.39 Å². The van der Waals surface area contributed by atoms with E-state index >= 15 is 0 Å². The van der Waals surface area contributed by atoms with Crippen LogP contribution in [0.2, 0.25) is 0 Å². The van der Waals surface area contributed by atoms with Crippen molar-refractivity contribution in [2.24, 2.45) is 0 Å². The maximum absolute atomic E-state index is 12.7. The minimum atomic E-state index is -0.182. The van der Waals surface area contributed by atoms with Gasteiger partial charge in [-0.1, -0.05) is 18.2 Å².